The Bertz CT molecular complexity index is 361. The third-order valence-corrected chi connectivity index (χ3v) is 3.75. The third-order valence-electron chi connectivity index (χ3n) is 3.22. The summed E-state index contributed by atoms with van der Waals surface area (Å²) < 4.78 is 1.08. The smallest absolute Gasteiger partial charge is 0.0684 e. The molecule has 1 saturated carbocycles. The van der Waals surface area contributed by atoms with E-state index in [1.807, 2.05) is 12.1 Å². The first-order chi connectivity index (χ1) is 7.79. The zero-order valence-corrected chi connectivity index (χ0v) is 10.9. The van der Waals surface area contributed by atoms with Gasteiger partial charge < -0.3 is 5.11 Å². The highest BCUT2D eigenvalue weighted by molar-refractivity contribution is 9.10. The lowest BCUT2D eigenvalue weighted by atomic mass is 9.99. The molecular formula is C14H17BrO. The minimum Gasteiger partial charge on any atom is -0.392 e. The van der Waals surface area contributed by atoms with Gasteiger partial charge in [0.25, 0.3) is 0 Å². The molecule has 0 radical (unpaired) electrons. The van der Waals surface area contributed by atoms with Gasteiger partial charge in [-0.2, -0.15) is 0 Å². The number of benzene rings is 1. The van der Waals surface area contributed by atoms with E-state index in [-0.39, 0.29) is 6.61 Å². The molecule has 1 nitrogen and oxygen atoms in total. The van der Waals surface area contributed by atoms with Gasteiger partial charge in [0.15, 0.2) is 0 Å². The summed E-state index contributed by atoms with van der Waals surface area (Å²) in [5.74, 6) is 0.672. The van der Waals surface area contributed by atoms with Crippen LogP contribution in [-0.4, -0.2) is 11.7 Å². The van der Waals surface area contributed by atoms with E-state index in [2.05, 4.69) is 34.1 Å². The molecule has 1 aromatic rings. The van der Waals surface area contributed by atoms with Gasteiger partial charge >= 0.3 is 0 Å². The standard InChI is InChI=1S/C14H17BrO/c15-14-7-5-12(6-8-14)13(10-16)9-11-3-1-2-4-11/h5-9,11,16H,1-4,10H2/b13-9-. The molecule has 0 unspecified atom stereocenters. The molecule has 0 aliphatic heterocycles. The molecular weight excluding hydrogens is 264 g/mol. The van der Waals surface area contributed by atoms with Crippen LogP contribution in [-0.2, 0) is 0 Å². The molecule has 0 spiro atoms. The number of rotatable bonds is 3. The zero-order valence-electron chi connectivity index (χ0n) is 9.32. The van der Waals surface area contributed by atoms with Gasteiger partial charge in [-0.05, 0) is 42.0 Å². The van der Waals surface area contributed by atoms with Crippen molar-refractivity contribution in [2.24, 2.45) is 5.92 Å². The second-order valence-corrected chi connectivity index (χ2v) is 5.32. The Hall–Kier alpha value is -0.600. The van der Waals surface area contributed by atoms with Crippen molar-refractivity contribution in [3.8, 4) is 0 Å². The van der Waals surface area contributed by atoms with Gasteiger partial charge in [0.05, 0.1) is 6.61 Å². The summed E-state index contributed by atoms with van der Waals surface area (Å²) in [6.07, 6.45) is 7.48. The Labute approximate surface area is 105 Å². The monoisotopic (exact) mass is 280 g/mol. The lowest BCUT2D eigenvalue weighted by Gasteiger charge is -2.08. The summed E-state index contributed by atoms with van der Waals surface area (Å²) in [6, 6.07) is 8.16. The van der Waals surface area contributed by atoms with Crippen molar-refractivity contribution in [1.82, 2.24) is 0 Å². The van der Waals surface area contributed by atoms with Gasteiger partial charge in [-0.15, -0.1) is 0 Å². The predicted octanol–water partition coefficient (Wildman–Crippen LogP) is 4.02. The van der Waals surface area contributed by atoms with Crippen LogP contribution in [0.15, 0.2) is 34.8 Å². The van der Waals surface area contributed by atoms with Crippen molar-refractivity contribution in [3.05, 3.63) is 40.4 Å². The van der Waals surface area contributed by atoms with Crippen molar-refractivity contribution in [2.75, 3.05) is 6.61 Å². The molecule has 2 heteroatoms. The maximum atomic E-state index is 9.43. The maximum absolute atomic E-state index is 9.43. The molecule has 0 heterocycles. The molecule has 0 amide bonds. The van der Waals surface area contributed by atoms with Gasteiger partial charge in [-0.25, -0.2) is 0 Å². The second kappa shape index (κ2) is 5.65. The van der Waals surface area contributed by atoms with Crippen molar-refractivity contribution in [1.29, 1.82) is 0 Å². The average Bonchev–Trinajstić information content (AvgIpc) is 2.80. The Morgan fingerprint density at radius 3 is 2.44 bits per heavy atom. The third kappa shape index (κ3) is 2.96. The van der Waals surface area contributed by atoms with Crippen LogP contribution in [0.5, 0.6) is 0 Å². The molecule has 2 rings (SSSR count). The fourth-order valence-electron chi connectivity index (χ4n) is 2.31. The van der Waals surface area contributed by atoms with Crippen LogP contribution in [0.4, 0.5) is 0 Å². The molecule has 1 aliphatic carbocycles. The maximum Gasteiger partial charge on any atom is 0.0684 e. The van der Waals surface area contributed by atoms with Gasteiger partial charge in [-0.1, -0.05) is 47.0 Å². The van der Waals surface area contributed by atoms with Crippen molar-refractivity contribution >= 4 is 21.5 Å². The Kier molecular flexibility index (Phi) is 4.19. The second-order valence-electron chi connectivity index (χ2n) is 4.40. The van der Waals surface area contributed by atoms with E-state index in [0.29, 0.717) is 5.92 Å². The largest absolute Gasteiger partial charge is 0.392 e. The molecule has 1 N–H and O–H groups in total. The van der Waals surface area contributed by atoms with E-state index < -0.39 is 0 Å². The first kappa shape index (κ1) is 11.9. The van der Waals surface area contributed by atoms with Crippen LogP contribution in [0.2, 0.25) is 0 Å². The summed E-state index contributed by atoms with van der Waals surface area (Å²) >= 11 is 3.42. The lowest BCUT2D eigenvalue weighted by Crippen LogP contribution is -1.95. The van der Waals surface area contributed by atoms with Gasteiger partial charge in [0.1, 0.15) is 0 Å². The predicted molar refractivity (Wildman–Crippen MR) is 71.2 cm³/mol. The topological polar surface area (TPSA) is 20.2 Å². The SMILES string of the molecule is OC/C(=C/C1CCCC1)c1ccc(Br)cc1. The van der Waals surface area contributed by atoms with E-state index in [4.69, 9.17) is 0 Å². The van der Waals surface area contributed by atoms with Gasteiger partial charge in [-0.3, -0.25) is 0 Å². The molecule has 86 valence electrons. The van der Waals surface area contributed by atoms with Crippen LogP contribution in [0.3, 0.4) is 0 Å². The molecule has 0 saturated heterocycles. The zero-order chi connectivity index (χ0) is 11.4. The minimum atomic E-state index is 0.137. The van der Waals surface area contributed by atoms with Crippen molar-refractivity contribution in [2.45, 2.75) is 25.7 Å². The van der Waals surface area contributed by atoms with E-state index in [1.54, 1.807) is 0 Å². The number of hydrogen-bond acceptors (Lipinski definition) is 1. The summed E-state index contributed by atoms with van der Waals surface area (Å²) in [6.45, 7) is 0.137. The first-order valence-corrected chi connectivity index (χ1v) is 6.66. The summed E-state index contributed by atoms with van der Waals surface area (Å²) in [7, 11) is 0. The Morgan fingerprint density at radius 1 is 1.25 bits per heavy atom. The number of allylic oxidation sites excluding steroid dienone is 1. The van der Waals surface area contributed by atoms with E-state index >= 15 is 0 Å². The molecule has 0 atom stereocenters. The van der Waals surface area contributed by atoms with Crippen LogP contribution in [0.25, 0.3) is 5.57 Å². The Balaban J connectivity index is 2.17. The average molecular weight is 281 g/mol. The van der Waals surface area contributed by atoms with Gasteiger partial charge in [0, 0.05) is 4.47 Å². The van der Waals surface area contributed by atoms with Crippen LogP contribution >= 0.6 is 15.9 Å². The highest BCUT2D eigenvalue weighted by Gasteiger charge is 2.13. The highest BCUT2D eigenvalue weighted by atomic mass is 79.9. The molecule has 1 aliphatic rings. The van der Waals surface area contributed by atoms with Gasteiger partial charge in [0.2, 0.25) is 0 Å². The number of halogens is 1. The molecule has 0 aromatic heterocycles. The van der Waals surface area contributed by atoms with Crippen molar-refractivity contribution in [3.63, 3.8) is 0 Å². The summed E-state index contributed by atoms with van der Waals surface area (Å²) in [5, 5.41) is 9.43. The molecule has 1 fully saturated rings. The highest BCUT2D eigenvalue weighted by Crippen LogP contribution is 2.29. The van der Waals surface area contributed by atoms with Crippen LogP contribution in [0, 0.1) is 5.92 Å². The van der Waals surface area contributed by atoms with Crippen molar-refractivity contribution < 1.29 is 5.11 Å². The van der Waals surface area contributed by atoms with Crippen LogP contribution in [0.1, 0.15) is 31.2 Å². The quantitative estimate of drug-likeness (QED) is 0.887. The van der Waals surface area contributed by atoms with E-state index in [0.717, 1.165) is 15.6 Å². The number of aliphatic hydroxyl groups excluding tert-OH is 1. The molecule has 1 aromatic carbocycles. The molecule has 16 heavy (non-hydrogen) atoms. The fourth-order valence-corrected chi connectivity index (χ4v) is 2.58. The number of aliphatic hydroxyl groups is 1. The van der Waals surface area contributed by atoms with E-state index in [1.165, 1.54) is 25.7 Å². The summed E-state index contributed by atoms with van der Waals surface area (Å²) in [4.78, 5) is 0. The molecule has 0 bridgehead atoms. The Morgan fingerprint density at radius 2 is 1.88 bits per heavy atom. The lowest BCUT2D eigenvalue weighted by molar-refractivity contribution is 0.349. The normalized spacial score (nSPS) is 18.0. The van der Waals surface area contributed by atoms with E-state index in [9.17, 15) is 5.11 Å². The summed E-state index contributed by atoms with van der Waals surface area (Å²) in [5.41, 5.74) is 2.21. The minimum absolute atomic E-state index is 0.137. The fraction of sp³-hybridized carbons (Fsp3) is 0.429. The first-order valence-electron chi connectivity index (χ1n) is 5.87. The number of hydrogen-bond donors (Lipinski definition) is 1. The van der Waals surface area contributed by atoms with Crippen LogP contribution < -0.4 is 0 Å².